The van der Waals surface area contributed by atoms with Gasteiger partial charge < -0.3 is 9.90 Å². The molecule has 1 heterocycles. The molecule has 0 unspecified atom stereocenters. The molecule has 1 aliphatic heterocycles. The van der Waals surface area contributed by atoms with Crippen LogP contribution in [0, 0.1) is 0 Å². The second-order valence-corrected chi connectivity index (χ2v) is 5.51. The maximum Gasteiger partial charge on any atom is 0.293 e. The predicted molar refractivity (Wildman–Crippen MR) is 71.8 cm³/mol. The molecule has 0 spiro atoms. The van der Waals surface area contributed by atoms with Gasteiger partial charge in [-0.2, -0.15) is 0 Å². The van der Waals surface area contributed by atoms with Gasteiger partial charge in [-0.25, -0.2) is 0 Å². The number of imide groups is 1. The lowest BCUT2D eigenvalue weighted by Gasteiger charge is -2.12. The van der Waals surface area contributed by atoms with E-state index in [1.54, 1.807) is 24.3 Å². The standard InChI is InChI=1S/C12H8BrNO4S/c13-8-4-2-1-3-7(8)5-9-11(17)14(6-10(15)16)12(18)19-9/h1-5H,6H2,(H,15,16)/p-1/b9-5-. The molecule has 1 fully saturated rings. The van der Waals surface area contributed by atoms with Gasteiger partial charge in [0.25, 0.3) is 11.1 Å². The minimum atomic E-state index is -1.47. The summed E-state index contributed by atoms with van der Waals surface area (Å²) < 4.78 is 0.779. The summed E-state index contributed by atoms with van der Waals surface area (Å²) in [6, 6.07) is 7.19. The van der Waals surface area contributed by atoms with Crippen LogP contribution in [0.4, 0.5) is 4.79 Å². The molecular formula is C12H7BrNO4S-. The normalized spacial score (nSPS) is 17.3. The van der Waals surface area contributed by atoms with Crippen molar-refractivity contribution >= 4 is 50.9 Å². The first-order valence-corrected chi connectivity index (χ1v) is 6.79. The molecule has 7 heteroatoms. The van der Waals surface area contributed by atoms with E-state index in [-0.39, 0.29) is 4.91 Å². The summed E-state index contributed by atoms with van der Waals surface area (Å²) in [5.74, 6) is -2.08. The Morgan fingerprint density at radius 2 is 2.05 bits per heavy atom. The molecular weight excluding hydrogens is 334 g/mol. The molecule has 0 radical (unpaired) electrons. The maximum absolute atomic E-state index is 11.9. The molecule has 2 amide bonds. The number of hydrogen-bond acceptors (Lipinski definition) is 5. The van der Waals surface area contributed by atoms with Crippen LogP contribution in [0.1, 0.15) is 5.56 Å². The first kappa shape index (κ1) is 13.8. The van der Waals surface area contributed by atoms with Gasteiger partial charge in [-0.3, -0.25) is 14.5 Å². The van der Waals surface area contributed by atoms with E-state index in [1.807, 2.05) is 6.07 Å². The molecule has 5 nitrogen and oxygen atoms in total. The molecule has 98 valence electrons. The Morgan fingerprint density at radius 3 is 2.68 bits per heavy atom. The molecule has 0 atom stereocenters. The number of carboxylic acid groups (broad SMARTS) is 1. The van der Waals surface area contributed by atoms with Crippen molar-refractivity contribution in [3.63, 3.8) is 0 Å². The summed E-state index contributed by atoms with van der Waals surface area (Å²) in [5.41, 5.74) is 0.737. The monoisotopic (exact) mass is 340 g/mol. The van der Waals surface area contributed by atoms with Crippen molar-refractivity contribution < 1.29 is 19.5 Å². The minimum Gasteiger partial charge on any atom is -0.548 e. The van der Waals surface area contributed by atoms with Gasteiger partial charge in [0.2, 0.25) is 0 Å². The van der Waals surface area contributed by atoms with Gasteiger partial charge in [0.15, 0.2) is 0 Å². The number of carbonyl (C=O) groups excluding carboxylic acids is 3. The molecule has 0 aromatic heterocycles. The molecule has 1 saturated heterocycles. The Kier molecular flexibility index (Phi) is 4.06. The highest BCUT2D eigenvalue weighted by Crippen LogP contribution is 2.33. The zero-order valence-electron chi connectivity index (χ0n) is 9.46. The lowest BCUT2D eigenvalue weighted by Crippen LogP contribution is -2.40. The van der Waals surface area contributed by atoms with E-state index in [0.29, 0.717) is 16.7 Å². The van der Waals surface area contributed by atoms with Crippen LogP contribution in [-0.4, -0.2) is 28.6 Å². The number of aliphatic carboxylic acids is 1. The van der Waals surface area contributed by atoms with Gasteiger partial charge in [-0.15, -0.1) is 0 Å². The number of carbonyl (C=O) groups is 3. The number of benzene rings is 1. The van der Waals surface area contributed by atoms with Crippen molar-refractivity contribution in [1.29, 1.82) is 0 Å². The highest BCUT2D eigenvalue weighted by Gasteiger charge is 2.34. The Hall–Kier alpha value is -1.60. The third-order valence-corrected chi connectivity index (χ3v) is 3.98. The Morgan fingerprint density at radius 1 is 1.37 bits per heavy atom. The Labute approximate surface area is 121 Å². The smallest absolute Gasteiger partial charge is 0.293 e. The van der Waals surface area contributed by atoms with Crippen molar-refractivity contribution in [3.8, 4) is 0 Å². The van der Waals surface area contributed by atoms with Crippen molar-refractivity contribution in [2.75, 3.05) is 6.54 Å². The minimum absolute atomic E-state index is 0.193. The molecule has 0 bridgehead atoms. The summed E-state index contributed by atoms with van der Waals surface area (Å²) in [5, 5.41) is 9.87. The highest BCUT2D eigenvalue weighted by molar-refractivity contribution is 9.10. The van der Waals surface area contributed by atoms with Crippen molar-refractivity contribution in [1.82, 2.24) is 4.90 Å². The quantitative estimate of drug-likeness (QED) is 0.773. The summed E-state index contributed by atoms with van der Waals surface area (Å²) >= 11 is 4.04. The Bertz CT molecular complexity index is 599. The van der Waals surface area contributed by atoms with Gasteiger partial charge in [0, 0.05) is 4.47 Å². The third kappa shape index (κ3) is 3.05. The number of rotatable bonds is 3. The van der Waals surface area contributed by atoms with Crippen molar-refractivity contribution in [2.45, 2.75) is 0 Å². The van der Waals surface area contributed by atoms with Gasteiger partial charge >= 0.3 is 0 Å². The number of hydrogen-bond donors (Lipinski definition) is 0. The van der Waals surface area contributed by atoms with E-state index in [0.717, 1.165) is 10.0 Å². The van der Waals surface area contributed by atoms with E-state index in [1.165, 1.54) is 0 Å². The number of nitrogens with zero attached hydrogens (tertiary/aromatic N) is 1. The van der Waals surface area contributed by atoms with Gasteiger partial charge in [0.1, 0.15) is 0 Å². The van der Waals surface area contributed by atoms with Crippen molar-refractivity contribution in [3.05, 3.63) is 39.2 Å². The number of carboxylic acids is 1. The second kappa shape index (κ2) is 5.58. The zero-order valence-corrected chi connectivity index (χ0v) is 11.9. The number of halogens is 1. The third-order valence-electron chi connectivity index (χ3n) is 2.35. The molecule has 0 N–H and O–H groups in total. The van der Waals surface area contributed by atoms with E-state index in [9.17, 15) is 19.5 Å². The molecule has 1 aromatic carbocycles. The maximum atomic E-state index is 11.9. The van der Waals surface area contributed by atoms with Crippen LogP contribution in [-0.2, 0) is 9.59 Å². The molecule has 1 aliphatic rings. The average molecular weight is 341 g/mol. The summed E-state index contributed by atoms with van der Waals surface area (Å²) in [6.45, 7) is -0.724. The van der Waals surface area contributed by atoms with Crippen molar-refractivity contribution in [2.24, 2.45) is 0 Å². The van der Waals surface area contributed by atoms with Crippen LogP contribution >= 0.6 is 27.7 Å². The predicted octanol–water partition coefficient (Wildman–Crippen LogP) is 1.24. The zero-order chi connectivity index (χ0) is 14.0. The van der Waals surface area contributed by atoms with E-state index < -0.39 is 23.7 Å². The van der Waals surface area contributed by atoms with Gasteiger partial charge in [-0.1, -0.05) is 34.1 Å². The molecule has 1 aromatic rings. The van der Waals surface area contributed by atoms with E-state index >= 15 is 0 Å². The second-order valence-electron chi connectivity index (χ2n) is 3.66. The largest absolute Gasteiger partial charge is 0.548 e. The molecule has 0 saturated carbocycles. The number of thioether (sulfide) groups is 1. The average Bonchev–Trinajstić information content (AvgIpc) is 2.60. The molecule has 19 heavy (non-hydrogen) atoms. The Balaban J connectivity index is 2.28. The van der Waals surface area contributed by atoms with Crippen LogP contribution < -0.4 is 5.11 Å². The lowest BCUT2D eigenvalue weighted by atomic mass is 10.2. The summed E-state index contributed by atoms with van der Waals surface area (Å²) in [4.78, 5) is 34.7. The van der Waals surface area contributed by atoms with Crippen LogP contribution in [0.5, 0.6) is 0 Å². The SMILES string of the molecule is O=C([O-])CN1C(=O)S/C(=C\c2ccccc2Br)C1=O. The fourth-order valence-electron chi connectivity index (χ4n) is 1.50. The summed E-state index contributed by atoms with van der Waals surface area (Å²) in [6.07, 6.45) is 1.55. The van der Waals surface area contributed by atoms with Crippen LogP contribution in [0.15, 0.2) is 33.6 Å². The molecule has 2 rings (SSSR count). The molecule has 0 aliphatic carbocycles. The van der Waals surface area contributed by atoms with Gasteiger partial charge in [-0.05, 0) is 29.5 Å². The van der Waals surface area contributed by atoms with E-state index in [4.69, 9.17) is 0 Å². The van der Waals surface area contributed by atoms with Crippen LogP contribution in [0.2, 0.25) is 0 Å². The summed E-state index contributed by atoms with van der Waals surface area (Å²) in [7, 11) is 0. The first-order valence-electron chi connectivity index (χ1n) is 5.19. The van der Waals surface area contributed by atoms with Gasteiger partial charge in [0.05, 0.1) is 17.4 Å². The topological polar surface area (TPSA) is 77.5 Å². The van der Waals surface area contributed by atoms with Crippen LogP contribution in [0.3, 0.4) is 0 Å². The van der Waals surface area contributed by atoms with Crippen LogP contribution in [0.25, 0.3) is 6.08 Å². The number of amides is 2. The lowest BCUT2D eigenvalue weighted by molar-refractivity contribution is -0.305. The highest BCUT2D eigenvalue weighted by atomic mass is 79.9. The fraction of sp³-hybridized carbons (Fsp3) is 0.0833. The fourth-order valence-corrected chi connectivity index (χ4v) is 2.73. The first-order chi connectivity index (χ1) is 8.99. The van der Waals surface area contributed by atoms with E-state index in [2.05, 4.69) is 15.9 Å².